The number of quaternary nitrogens is 2. The summed E-state index contributed by atoms with van der Waals surface area (Å²) in [6, 6.07) is 12.9. The maximum atomic E-state index is 12.2. The predicted molar refractivity (Wildman–Crippen MR) is 110 cm³/mol. The predicted octanol–water partition coefficient (Wildman–Crippen LogP) is -1.19. The second-order valence-corrected chi connectivity index (χ2v) is 8.57. The zero-order chi connectivity index (χ0) is 19.9. The molecule has 1 aliphatic rings. The fraction of sp³-hybridized carbons (Fsp3) is 0.429. The monoisotopic (exact) mass is 402 g/mol. The zero-order valence-corrected chi connectivity index (χ0v) is 17.4. The van der Waals surface area contributed by atoms with Crippen molar-refractivity contribution < 1.29 is 19.4 Å². The first kappa shape index (κ1) is 20.5. The summed E-state index contributed by atoms with van der Waals surface area (Å²) in [4.78, 5) is 28.2. The minimum absolute atomic E-state index is 0.149. The Morgan fingerprint density at radius 3 is 2.57 bits per heavy atom. The van der Waals surface area contributed by atoms with Gasteiger partial charge in [0, 0.05) is 12.0 Å². The minimum atomic E-state index is -0.551. The first-order valence-electron chi connectivity index (χ1n) is 9.84. The summed E-state index contributed by atoms with van der Waals surface area (Å²) < 4.78 is 0. The molecule has 1 unspecified atom stereocenters. The maximum absolute atomic E-state index is 12.2. The molecule has 0 fully saturated rings. The number of likely N-dealkylation sites (N-methyl/N-ethyl adjacent to an activating group) is 1. The van der Waals surface area contributed by atoms with Crippen LogP contribution in [0.2, 0.25) is 0 Å². The first-order valence-corrected chi connectivity index (χ1v) is 10.7. The molecule has 2 amide bonds. The van der Waals surface area contributed by atoms with Gasteiger partial charge in [0.1, 0.15) is 12.6 Å². The van der Waals surface area contributed by atoms with E-state index in [-0.39, 0.29) is 6.04 Å². The molecule has 150 valence electrons. The van der Waals surface area contributed by atoms with Crippen LogP contribution < -0.4 is 20.4 Å². The van der Waals surface area contributed by atoms with Gasteiger partial charge in [0.25, 0.3) is 0 Å². The number of fused-ring (bicyclic) bond motifs is 1. The summed E-state index contributed by atoms with van der Waals surface area (Å²) in [6.45, 7) is 3.70. The second kappa shape index (κ2) is 9.82. The van der Waals surface area contributed by atoms with E-state index >= 15 is 0 Å². The quantitative estimate of drug-likeness (QED) is 0.440. The topological polar surface area (TPSA) is 67.1 Å². The van der Waals surface area contributed by atoms with Crippen molar-refractivity contribution in [2.24, 2.45) is 0 Å². The van der Waals surface area contributed by atoms with Crippen molar-refractivity contribution in [3.63, 3.8) is 0 Å². The van der Waals surface area contributed by atoms with E-state index in [4.69, 9.17) is 0 Å². The Kier molecular flexibility index (Phi) is 7.19. The van der Waals surface area contributed by atoms with Crippen LogP contribution in [0.1, 0.15) is 22.0 Å². The lowest BCUT2D eigenvalue weighted by molar-refractivity contribution is -0.945. The van der Waals surface area contributed by atoms with Crippen molar-refractivity contribution in [2.45, 2.75) is 19.0 Å². The molecule has 2 heterocycles. The molecule has 0 aliphatic carbocycles. The normalized spacial score (nSPS) is 17.0. The van der Waals surface area contributed by atoms with Gasteiger partial charge in [-0.3, -0.25) is 9.59 Å². The third-order valence-corrected chi connectivity index (χ3v) is 6.20. The summed E-state index contributed by atoms with van der Waals surface area (Å²) >= 11 is 1.71. The van der Waals surface area contributed by atoms with Gasteiger partial charge in [-0.15, -0.1) is 11.3 Å². The number of hydrogen-bond acceptors (Lipinski definition) is 3. The summed E-state index contributed by atoms with van der Waals surface area (Å²) in [7, 11) is 4.02. The highest BCUT2D eigenvalue weighted by atomic mass is 32.1. The summed E-state index contributed by atoms with van der Waals surface area (Å²) in [6.07, 6.45) is 1.04. The van der Waals surface area contributed by atoms with Crippen LogP contribution in [-0.4, -0.2) is 52.1 Å². The SMILES string of the molecule is C[NH+](C)CCNC(=O)C(=O)NC[C@H](c1cccs1)[NH+]1CCc2ccccc2C1. The summed E-state index contributed by atoms with van der Waals surface area (Å²) in [5.74, 6) is -1.10. The Labute approximate surface area is 170 Å². The fourth-order valence-corrected chi connectivity index (χ4v) is 4.50. The average Bonchev–Trinajstić information content (AvgIpc) is 3.22. The standard InChI is InChI=1S/C21H28N4O2S/c1-24(2)12-10-22-20(26)21(27)23-14-18(19-8-5-13-28-19)25-11-9-16-6-3-4-7-17(16)15-25/h3-8,13,18H,9-12,14-15H2,1-2H3,(H,22,26)(H,23,27)/p+2/t18-/m1/s1. The van der Waals surface area contributed by atoms with Crippen molar-refractivity contribution in [1.82, 2.24) is 10.6 Å². The Balaban J connectivity index is 1.61. The Morgan fingerprint density at radius 1 is 1.11 bits per heavy atom. The molecule has 1 aliphatic heterocycles. The molecule has 2 atom stereocenters. The van der Waals surface area contributed by atoms with Crippen molar-refractivity contribution in [1.29, 1.82) is 0 Å². The van der Waals surface area contributed by atoms with Crippen LogP contribution in [-0.2, 0) is 22.6 Å². The molecule has 2 aromatic rings. The lowest BCUT2D eigenvalue weighted by atomic mass is 9.98. The van der Waals surface area contributed by atoms with Crippen LogP contribution in [0.5, 0.6) is 0 Å². The molecule has 0 radical (unpaired) electrons. The molecule has 28 heavy (non-hydrogen) atoms. The second-order valence-electron chi connectivity index (χ2n) is 7.59. The fourth-order valence-electron chi connectivity index (χ4n) is 3.62. The molecular formula is C21H30N4O2S+2. The molecule has 0 bridgehead atoms. The van der Waals surface area contributed by atoms with Gasteiger partial charge in [-0.25, -0.2) is 0 Å². The largest absolute Gasteiger partial charge is 0.342 e. The Bertz CT molecular complexity index is 791. The van der Waals surface area contributed by atoms with E-state index in [1.807, 2.05) is 20.2 Å². The molecule has 0 saturated heterocycles. The van der Waals surface area contributed by atoms with Gasteiger partial charge in [0.05, 0.1) is 45.2 Å². The van der Waals surface area contributed by atoms with Crippen molar-refractivity contribution >= 4 is 23.2 Å². The zero-order valence-electron chi connectivity index (χ0n) is 16.6. The number of thiophene rings is 1. The molecule has 7 heteroatoms. The number of hydrogen-bond donors (Lipinski definition) is 4. The van der Waals surface area contributed by atoms with Crippen LogP contribution in [0.15, 0.2) is 41.8 Å². The number of amides is 2. The van der Waals surface area contributed by atoms with Gasteiger partial charge in [-0.05, 0) is 17.0 Å². The van der Waals surface area contributed by atoms with Gasteiger partial charge in [0.15, 0.2) is 0 Å². The van der Waals surface area contributed by atoms with Crippen LogP contribution in [0.25, 0.3) is 0 Å². The van der Waals surface area contributed by atoms with Gasteiger partial charge in [-0.2, -0.15) is 0 Å². The highest BCUT2D eigenvalue weighted by Gasteiger charge is 2.30. The van der Waals surface area contributed by atoms with Gasteiger partial charge < -0.3 is 20.4 Å². The third kappa shape index (κ3) is 5.41. The van der Waals surface area contributed by atoms with Crippen molar-refractivity contribution in [3.05, 3.63) is 57.8 Å². The molecule has 4 N–H and O–H groups in total. The number of carbonyl (C=O) groups is 2. The number of benzene rings is 1. The van der Waals surface area contributed by atoms with Gasteiger partial charge >= 0.3 is 11.8 Å². The van der Waals surface area contributed by atoms with E-state index < -0.39 is 11.8 Å². The average molecular weight is 403 g/mol. The molecule has 3 rings (SSSR count). The van der Waals surface area contributed by atoms with Crippen LogP contribution in [0.4, 0.5) is 0 Å². The number of nitrogens with one attached hydrogen (secondary N) is 4. The summed E-state index contributed by atoms with van der Waals surface area (Å²) in [5.41, 5.74) is 2.79. The molecule has 1 aromatic carbocycles. The van der Waals surface area contributed by atoms with Crippen molar-refractivity contribution in [2.75, 3.05) is 40.3 Å². The van der Waals surface area contributed by atoms with Crippen LogP contribution >= 0.6 is 11.3 Å². The third-order valence-electron chi connectivity index (χ3n) is 5.21. The molecular weight excluding hydrogens is 372 g/mol. The highest BCUT2D eigenvalue weighted by molar-refractivity contribution is 7.10. The van der Waals surface area contributed by atoms with Gasteiger partial charge in [0.2, 0.25) is 0 Å². The lowest BCUT2D eigenvalue weighted by Gasteiger charge is -2.32. The van der Waals surface area contributed by atoms with E-state index in [1.54, 1.807) is 11.3 Å². The Hall–Kier alpha value is -2.22. The number of rotatable bonds is 7. The van der Waals surface area contributed by atoms with E-state index in [2.05, 4.69) is 46.3 Å². The molecule has 6 nitrogen and oxygen atoms in total. The van der Waals surface area contributed by atoms with E-state index in [0.29, 0.717) is 13.1 Å². The minimum Gasteiger partial charge on any atom is -0.342 e. The number of carbonyl (C=O) groups excluding carboxylic acids is 2. The van der Waals surface area contributed by atoms with E-state index in [9.17, 15) is 9.59 Å². The first-order chi connectivity index (χ1) is 13.5. The van der Waals surface area contributed by atoms with Gasteiger partial charge in [-0.1, -0.05) is 30.3 Å². The molecule has 0 saturated carbocycles. The van der Waals surface area contributed by atoms with E-state index in [0.717, 1.165) is 26.1 Å². The van der Waals surface area contributed by atoms with E-state index in [1.165, 1.54) is 25.8 Å². The smallest absolute Gasteiger partial charge is 0.309 e. The Morgan fingerprint density at radius 2 is 1.86 bits per heavy atom. The van der Waals surface area contributed by atoms with Crippen molar-refractivity contribution in [3.8, 4) is 0 Å². The van der Waals surface area contributed by atoms with Crippen LogP contribution in [0, 0.1) is 0 Å². The molecule has 0 spiro atoms. The lowest BCUT2D eigenvalue weighted by Crippen LogP contribution is -3.12. The van der Waals surface area contributed by atoms with Crippen LogP contribution in [0.3, 0.4) is 0 Å². The molecule has 1 aromatic heterocycles. The summed E-state index contributed by atoms with van der Waals surface area (Å²) in [5, 5.41) is 7.61. The highest BCUT2D eigenvalue weighted by Crippen LogP contribution is 2.18. The maximum Gasteiger partial charge on any atom is 0.309 e.